The molecule has 1 aromatic carbocycles. The van der Waals surface area contributed by atoms with Gasteiger partial charge >= 0.3 is 0 Å². The zero-order valence-corrected chi connectivity index (χ0v) is 9.89. The average Bonchev–Trinajstić information content (AvgIpc) is 2.60. The first-order valence-electron chi connectivity index (χ1n) is 4.79. The van der Waals surface area contributed by atoms with Crippen molar-refractivity contribution in [2.75, 3.05) is 7.11 Å². The Balaban J connectivity index is 2.41. The van der Waals surface area contributed by atoms with Gasteiger partial charge < -0.3 is 4.74 Å². The molecule has 0 N–H and O–H groups in total. The molecule has 78 valence electrons. The number of methoxy groups -OCH3 is 1. The molecule has 0 unspecified atom stereocenters. The predicted molar refractivity (Wildman–Crippen MR) is 63.6 cm³/mol. The number of ether oxygens (including phenoxy) is 1. The summed E-state index contributed by atoms with van der Waals surface area (Å²) in [5, 5.41) is 0. The number of rotatable bonds is 2. The summed E-state index contributed by atoms with van der Waals surface area (Å²) in [7, 11) is 1.68. The van der Waals surface area contributed by atoms with Crippen LogP contribution in [-0.2, 0) is 0 Å². The van der Waals surface area contributed by atoms with Crippen molar-refractivity contribution in [2.24, 2.45) is 0 Å². The van der Waals surface area contributed by atoms with E-state index < -0.39 is 0 Å². The molecule has 2 nitrogen and oxygen atoms in total. The predicted octanol–water partition coefficient (Wildman–Crippen LogP) is 3.44. The van der Waals surface area contributed by atoms with Crippen molar-refractivity contribution in [2.45, 2.75) is 13.8 Å². The molecule has 0 radical (unpaired) electrons. The second kappa shape index (κ2) is 4.03. The number of aryl methyl sites for hydroxylation is 1. The topological polar surface area (TPSA) is 22.1 Å². The van der Waals surface area contributed by atoms with Crippen LogP contribution in [0.15, 0.2) is 24.3 Å². The van der Waals surface area contributed by atoms with Gasteiger partial charge in [0.25, 0.3) is 0 Å². The van der Waals surface area contributed by atoms with Gasteiger partial charge in [-0.15, -0.1) is 0 Å². The van der Waals surface area contributed by atoms with Crippen LogP contribution < -0.4 is 4.74 Å². The van der Waals surface area contributed by atoms with Gasteiger partial charge in [-0.2, -0.15) is 4.37 Å². The maximum Gasteiger partial charge on any atom is 0.118 e. The summed E-state index contributed by atoms with van der Waals surface area (Å²) < 4.78 is 9.47. The van der Waals surface area contributed by atoms with E-state index in [1.54, 1.807) is 18.6 Å². The van der Waals surface area contributed by atoms with Crippen molar-refractivity contribution in [1.29, 1.82) is 0 Å². The van der Waals surface area contributed by atoms with Crippen LogP contribution in [-0.4, -0.2) is 11.5 Å². The number of aromatic nitrogens is 1. The molecule has 0 saturated carbocycles. The minimum absolute atomic E-state index is 0.887. The Morgan fingerprint density at radius 3 is 2.27 bits per heavy atom. The quantitative estimate of drug-likeness (QED) is 0.772. The summed E-state index contributed by atoms with van der Waals surface area (Å²) >= 11 is 1.55. The third-order valence-corrected chi connectivity index (χ3v) is 3.60. The van der Waals surface area contributed by atoms with Crippen molar-refractivity contribution < 1.29 is 4.74 Å². The van der Waals surface area contributed by atoms with E-state index >= 15 is 0 Å². The highest BCUT2D eigenvalue weighted by Gasteiger charge is 2.07. The van der Waals surface area contributed by atoms with E-state index in [2.05, 4.69) is 23.4 Å². The maximum absolute atomic E-state index is 5.13. The van der Waals surface area contributed by atoms with Gasteiger partial charge in [0.05, 0.1) is 17.7 Å². The Bertz CT molecular complexity index is 459. The van der Waals surface area contributed by atoms with Gasteiger partial charge in [-0.3, -0.25) is 0 Å². The van der Waals surface area contributed by atoms with E-state index in [9.17, 15) is 0 Å². The molecular weight excluding hydrogens is 206 g/mol. The van der Waals surface area contributed by atoms with Crippen LogP contribution in [0.5, 0.6) is 5.75 Å². The number of benzene rings is 1. The van der Waals surface area contributed by atoms with Crippen LogP contribution in [0.25, 0.3) is 10.4 Å². The molecule has 0 amide bonds. The fraction of sp³-hybridized carbons (Fsp3) is 0.250. The number of nitrogens with zero attached hydrogens (tertiary/aromatic N) is 1. The minimum atomic E-state index is 0.887. The molecule has 2 rings (SSSR count). The van der Waals surface area contributed by atoms with Crippen molar-refractivity contribution in [1.82, 2.24) is 4.37 Å². The lowest BCUT2D eigenvalue weighted by molar-refractivity contribution is 0.415. The Hall–Kier alpha value is -1.35. The summed E-state index contributed by atoms with van der Waals surface area (Å²) in [6.45, 7) is 4.15. The lowest BCUT2D eigenvalue weighted by Crippen LogP contribution is -1.82. The largest absolute Gasteiger partial charge is 0.497 e. The molecule has 1 aromatic heterocycles. The molecule has 15 heavy (non-hydrogen) atoms. The maximum atomic E-state index is 5.13. The van der Waals surface area contributed by atoms with Crippen LogP contribution in [0.3, 0.4) is 0 Å². The lowest BCUT2D eigenvalue weighted by atomic mass is 10.1. The molecule has 1 heterocycles. The van der Waals surface area contributed by atoms with Gasteiger partial charge in [-0.1, -0.05) is 0 Å². The first kappa shape index (κ1) is 10.2. The Morgan fingerprint density at radius 1 is 1.13 bits per heavy atom. The highest BCUT2D eigenvalue weighted by Crippen LogP contribution is 2.30. The van der Waals surface area contributed by atoms with Crippen LogP contribution in [0, 0.1) is 13.8 Å². The third-order valence-electron chi connectivity index (χ3n) is 2.51. The van der Waals surface area contributed by atoms with E-state index in [4.69, 9.17) is 4.74 Å². The fourth-order valence-electron chi connectivity index (χ4n) is 1.43. The van der Waals surface area contributed by atoms with Gasteiger partial charge in [0.1, 0.15) is 5.75 Å². The second-order valence-corrected chi connectivity index (χ2v) is 4.22. The third kappa shape index (κ3) is 1.88. The molecule has 0 fully saturated rings. The molecular formula is C12H13NOS. The van der Waals surface area contributed by atoms with Crippen molar-refractivity contribution in [3.8, 4) is 16.2 Å². The van der Waals surface area contributed by atoms with E-state index in [-0.39, 0.29) is 0 Å². The molecule has 0 aliphatic rings. The first-order valence-corrected chi connectivity index (χ1v) is 5.57. The Labute approximate surface area is 93.7 Å². The van der Waals surface area contributed by atoms with E-state index in [0.717, 1.165) is 11.4 Å². The fourth-order valence-corrected chi connectivity index (χ4v) is 2.32. The molecule has 2 aromatic rings. The zero-order valence-electron chi connectivity index (χ0n) is 9.07. The summed E-state index contributed by atoms with van der Waals surface area (Å²) in [6, 6.07) is 8.09. The van der Waals surface area contributed by atoms with Crippen LogP contribution in [0.1, 0.15) is 11.3 Å². The van der Waals surface area contributed by atoms with Crippen LogP contribution in [0.2, 0.25) is 0 Å². The van der Waals surface area contributed by atoms with Gasteiger partial charge in [-0.25, -0.2) is 0 Å². The van der Waals surface area contributed by atoms with Crippen molar-refractivity contribution in [3.05, 3.63) is 35.5 Å². The molecule has 3 heteroatoms. The van der Waals surface area contributed by atoms with Gasteiger partial charge in [0.2, 0.25) is 0 Å². The highest BCUT2D eigenvalue weighted by molar-refractivity contribution is 7.09. The summed E-state index contributed by atoms with van der Waals surface area (Å²) in [5.74, 6) is 0.887. The van der Waals surface area contributed by atoms with Crippen LogP contribution in [0.4, 0.5) is 0 Å². The van der Waals surface area contributed by atoms with E-state index in [0.29, 0.717) is 0 Å². The zero-order chi connectivity index (χ0) is 10.8. The molecule has 0 saturated heterocycles. The summed E-state index contributed by atoms with van der Waals surface area (Å²) in [6.07, 6.45) is 0. The summed E-state index contributed by atoms with van der Waals surface area (Å²) in [4.78, 5) is 1.25. The standard InChI is InChI=1S/C12H13NOS/c1-8-9(2)13-15-12(8)10-4-6-11(14-3)7-5-10/h4-7H,1-3H3. The lowest BCUT2D eigenvalue weighted by Gasteiger charge is -2.02. The van der Waals surface area contributed by atoms with Crippen molar-refractivity contribution >= 4 is 11.5 Å². The normalized spacial score (nSPS) is 10.3. The van der Waals surface area contributed by atoms with Crippen LogP contribution >= 0.6 is 11.5 Å². The van der Waals surface area contributed by atoms with E-state index in [1.807, 2.05) is 19.1 Å². The molecule has 0 atom stereocenters. The minimum Gasteiger partial charge on any atom is -0.497 e. The van der Waals surface area contributed by atoms with E-state index in [1.165, 1.54) is 16.0 Å². The smallest absolute Gasteiger partial charge is 0.118 e. The SMILES string of the molecule is COc1ccc(-c2snc(C)c2C)cc1. The average molecular weight is 219 g/mol. The number of hydrogen-bond acceptors (Lipinski definition) is 3. The second-order valence-electron chi connectivity index (χ2n) is 3.45. The van der Waals surface area contributed by atoms with Gasteiger partial charge in [0.15, 0.2) is 0 Å². The monoisotopic (exact) mass is 219 g/mol. The number of hydrogen-bond donors (Lipinski definition) is 0. The molecule has 0 aliphatic heterocycles. The Kier molecular flexibility index (Phi) is 2.73. The first-order chi connectivity index (χ1) is 7.22. The molecule has 0 spiro atoms. The summed E-state index contributed by atoms with van der Waals surface area (Å²) in [5.41, 5.74) is 3.59. The highest BCUT2D eigenvalue weighted by atomic mass is 32.1. The van der Waals surface area contributed by atoms with Gasteiger partial charge in [-0.05, 0) is 60.8 Å². The van der Waals surface area contributed by atoms with Gasteiger partial charge in [0, 0.05) is 0 Å². The molecule has 0 bridgehead atoms. The van der Waals surface area contributed by atoms with Crippen molar-refractivity contribution in [3.63, 3.8) is 0 Å². The Morgan fingerprint density at radius 2 is 1.80 bits per heavy atom. The molecule has 0 aliphatic carbocycles.